The molecule has 0 bridgehead atoms. The van der Waals surface area contributed by atoms with E-state index in [9.17, 15) is 19.7 Å². The number of thiazole rings is 1. The second kappa shape index (κ2) is 8.23. The first-order chi connectivity index (χ1) is 13.7. The van der Waals surface area contributed by atoms with Gasteiger partial charge in [-0.2, -0.15) is 0 Å². The first kappa shape index (κ1) is 20.2. The van der Waals surface area contributed by atoms with Crippen molar-refractivity contribution in [3.63, 3.8) is 0 Å². The number of aryl methyl sites for hydroxylation is 3. The van der Waals surface area contributed by atoms with Crippen molar-refractivity contribution in [2.45, 2.75) is 20.8 Å². The number of ether oxygens (including phenoxy) is 1. The average Bonchev–Trinajstić information content (AvgIpc) is 3.32. The van der Waals surface area contributed by atoms with Gasteiger partial charge in [0.1, 0.15) is 4.92 Å². The van der Waals surface area contributed by atoms with Gasteiger partial charge in [0.2, 0.25) is 5.76 Å². The molecule has 2 aromatic heterocycles. The number of hydrogen-bond donors (Lipinski definition) is 1. The molecule has 10 heteroatoms. The van der Waals surface area contributed by atoms with Crippen LogP contribution in [0.25, 0.3) is 11.3 Å². The summed E-state index contributed by atoms with van der Waals surface area (Å²) in [7, 11) is 0. The quantitative estimate of drug-likeness (QED) is 0.366. The molecule has 0 atom stereocenters. The maximum Gasteiger partial charge on any atom is 0.433 e. The Kier molecular flexibility index (Phi) is 5.74. The second-order valence-corrected chi connectivity index (χ2v) is 7.17. The molecule has 3 rings (SSSR count). The topological polar surface area (TPSA) is 125 Å². The summed E-state index contributed by atoms with van der Waals surface area (Å²) >= 11 is 1.25. The van der Waals surface area contributed by atoms with Crippen LogP contribution in [-0.4, -0.2) is 28.4 Å². The van der Waals surface area contributed by atoms with Crippen LogP contribution in [0.5, 0.6) is 0 Å². The zero-order valence-electron chi connectivity index (χ0n) is 15.8. The van der Waals surface area contributed by atoms with Crippen molar-refractivity contribution >= 4 is 34.2 Å². The van der Waals surface area contributed by atoms with E-state index in [2.05, 4.69) is 22.4 Å². The van der Waals surface area contributed by atoms with Gasteiger partial charge in [-0.15, -0.1) is 11.3 Å². The largest absolute Gasteiger partial charge is 0.450 e. The molecule has 0 aliphatic carbocycles. The Morgan fingerprint density at radius 1 is 1.21 bits per heavy atom. The zero-order chi connectivity index (χ0) is 21.1. The van der Waals surface area contributed by atoms with Gasteiger partial charge >= 0.3 is 11.9 Å². The van der Waals surface area contributed by atoms with Crippen molar-refractivity contribution in [2.75, 3.05) is 11.9 Å². The van der Waals surface area contributed by atoms with Crippen LogP contribution in [0, 0.1) is 30.9 Å². The Morgan fingerprint density at radius 2 is 1.93 bits per heavy atom. The molecule has 29 heavy (non-hydrogen) atoms. The van der Waals surface area contributed by atoms with Crippen LogP contribution in [0.15, 0.2) is 34.1 Å². The molecule has 0 unspecified atom stereocenters. The highest BCUT2D eigenvalue weighted by atomic mass is 32.1. The third-order valence-corrected chi connectivity index (χ3v) is 4.93. The third-order valence-electron chi connectivity index (χ3n) is 4.17. The Hall–Kier alpha value is -3.53. The minimum absolute atomic E-state index is 0.355. The van der Waals surface area contributed by atoms with Crippen LogP contribution >= 0.6 is 11.3 Å². The fraction of sp³-hybridized carbons (Fsp3) is 0.211. The molecule has 0 saturated heterocycles. The van der Waals surface area contributed by atoms with Crippen molar-refractivity contribution in [2.24, 2.45) is 0 Å². The first-order valence-corrected chi connectivity index (χ1v) is 9.37. The zero-order valence-corrected chi connectivity index (χ0v) is 16.7. The number of carbonyl (C=O) groups excluding carboxylic acids is 2. The highest BCUT2D eigenvalue weighted by Gasteiger charge is 2.19. The number of benzene rings is 1. The number of nitrogens with one attached hydrogen (secondary N) is 1. The maximum atomic E-state index is 12.0. The van der Waals surface area contributed by atoms with Gasteiger partial charge in [-0.3, -0.25) is 20.2 Å². The van der Waals surface area contributed by atoms with E-state index < -0.39 is 29.3 Å². The molecular formula is C19H17N3O6S. The summed E-state index contributed by atoms with van der Waals surface area (Å²) in [6, 6.07) is 6.27. The van der Waals surface area contributed by atoms with Gasteiger partial charge in [0, 0.05) is 10.9 Å². The number of rotatable bonds is 6. The Balaban J connectivity index is 1.59. The Morgan fingerprint density at radius 3 is 2.62 bits per heavy atom. The van der Waals surface area contributed by atoms with Gasteiger partial charge in [-0.25, -0.2) is 9.78 Å². The lowest BCUT2D eigenvalue weighted by molar-refractivity contribution is -0.402. The molecule has 1 aromatic carbocycles. The molecule has 0 aliphatic rings. The number of nitrogens with zero attached hydrogens (tertiary/aromatic N) is 2. The van der Waals surface area contributed by atoms with E-state index in [1.807, 2.05) is 26.2 Å². The monoisotopic (exact) mass is 415 g/mol. The summed E-state index contributed by atoms with van der Waals surface area (Å²) < 4.78 is 9.53. The molecule has 3 aromatic rings. The van der Waals surface area contributed by atoms with Crippen LogP contribution in [-0.2, 0) is 9.53 Å². The fourth-order valence-electron chi connectivity index (χ4n) is 2.58. The molecule has 1 N–H and O–H groups in total. The van der Waals surface area contributed by atoms with Crippen molar-refractivity contribution in [1.29, 1.82) is 0 Å². The molecule has 150 valence electrons. The standard InChI is InChI=1S/C19H17N3O6S/c1-10-6-12(3)13(7-11(10)2)14-9-29-19(20-14)21-16(23)8-27-18(24)15-4-5-17(28-15)22(25)26/h4-7,9H,8H2,1-3H3,(H,20,21,23). The van der Waals surface area contributed by atoms with E-state index in [-0.39, 0.29) is 5.76 Å². The van der Waals surface area contributed by atoms with Crippen LogP contribution in [0.1, 0.15) is 27.2 Å². The van der Waals surface area contributed by atoms with Crippen molar-refractivity contribution < 1.29 is 23.7 Å². The molecule has 0 aliphatic heterocycles. The van der Waals surface area contributed by atoms with Crippen LogP contribution in [0.3, 0.4) is 0 Å². The minimum atomic E-state index is -0.973. The average molecular weight is 415 g/mol. The van der Waals surface area contributed by atoms with E-state index in [0.717, 1.165) is 34.5 Å². The van der Waals surface area contributed by atoms with Crippen LogP contribution < -0.4 is 5.32 Å². The lowest BCUT2D eigenvalue weighted by Crippen LogP contribution is -2.20. The summed E-state index contributed by atoms with van der Waals surface area (Å²) in [5.74, 6) is -2.50. The van der Waals surface area contributed by atoms with E-state index >= 15 is 0 Å². The smallest absolute Gasteiger partial charge is 0.433 e. The number of anilines is 1. The summed E-state index contributed by atoms with van der Waals surface area (Å²) in [6.45, 7) is 5.49. The summed E-state index contributed by atoms with van der Waals surface area (Å²) in [6.07, 6.45) is 0. The first-order valence-electron chi connectivity index (χ1n) is 8.49. The number of hydrogen-bond acceptors (Lipinski definition) is 8. The molecule has 1 amide bonds. The lowest BCUT2D eigenvalue weighted by Gasteiger charge is -2.07. The van der Waals surface area contributed by atoms with Gasteiger partial charge in [0.05, 0.1) is 11.8 Å². The highest BCUT2D eigenvalue weighted by molar-refractivity contribution is 7.14. The van der Waals surface area contributed by atoms with Gasteiger partial charge in [0.25, 0.3) is 5.91 Å². The predicted molar refractivity (Wildman–Crippen MR) is 106 cm³/mol. The van der Waals surface area contributed by atoms with Gasteiger partial charge < -0.3 is 9.15 Å². The summed E-state index contributed by atoms with van der Waals surface area (Å²) in [5, 5.41) is 15.3. The molecule has 0 radical (unpaired) electrons. The molecule has 9 nitrogen and oxygen atoms in total. The number of nitro groups is 1. The molecule has 0 spiro atoms. The number of amides is 1. The second-order valence-electron chi connectivity index (χ2n) is 6.31. The lowest BCUT2D eigenvalue weighted by atomic mass is 9.99. The number of carbonyl (C=O) groups is 2. The van der Waals surface area contributed by atoms with Crippen LogP contribution in [0.2, 0.25) is 0 Å². The summed E-state index contributed by atoms with van der Waals surface area (Å²) in [5.41, 5.74) is 5.15. The molecule has 2 heterocycles. The Labute approximate surface area is 169 Å². The predicted octanol–water partition coefficient (Wildman–Crippen LogP) is 4.03. The van der Waals surface area contributed by atoms with Crippen molar-refractivity contribution in [3.8, 4) is 11.3 Å². The fourth-order valence-corrected chi connectivity index (χ4v) is 3.31. The third kappa shape index (κ3) is 4.66. The number of esters is 1. The molecule has 0 fully saturated rings. The van der Waals surface area contributed by atoms with Gasteiger partial charge in [-0.1, -0.05) is 6.07 Å². The van der Waals surface area contributed by atoms with Gasteiger partial charge in [0.15, 0.2) is 11.7 Å². The van der Waals surface area contributed by atoms with Crippen LogP contribution in [0.4, 0.5) is 11.0 Å². The van der Waals surface area contributed by atoms with Crippen molar-refractivity contribution in [3.05, 3.63) is 62.2 Å². The van der Waals surface area contributed by atoms with E-state index in [1.165, 1.54) is 16.9 Å². The Bertz CT molecular complexity index is 1100. The maximum absolute atomic E-state index is 12.0. The molecule has 0 saturated carbocycles. The van der Waals surface area contributed by atoms with E-state index in [0.29, 0.717) is 5.13 Å². The van der Waals surface area contributed by atoms with Crippen molar-refractivity contribution in [1.82, 2.24) is 4.98 Å². The van der Waals surface area contributed by atoms with E-state index in [4.69, 9.17) is 9.15 Å². The van der Waals surface area contributed by atoms with E-state index in [1.54, 1.807) is 0 Å². The number of furan rings is 1. The van der Waals surface area contributed by atoms with Gasteiger partial charge in [-0.05, 0) is 49.6 Å². The number of aromatic nitrogens is 1. The highest BCUT2D eigenvalue weighted by Crippen LogP contribution is 2.29. The normalized spacial score (nSPS) is 10.6. The molecular weight excluding hydrogens is 398 g/mol. The summed E-state index contributed by atoms with van der Waals surface area (Å²) in [4.78, 5) is 38.0. The SMILES string of the molecule is Cc1cc(C)c(-c2csc(NC(=O)COC(=O)c3ccc([N+](=O)[O-])o3)n2)cc1C. The minimum Gasteiger partial charge on any atom is -0.450 e.